The van der Waals surface area contributed by atoms with E-state index in [4.69, 9.17) is 9.15 Å². The van der Waals surface area contributed by atoms with Crippen LogP contribution in [0, 0.1) is 0 Å². The molecule has 0 aliphatic heterocycles. The van der Waals surface area contributed by atoms with Gasteiger partial charge in [0.2, 0.25) is 26.6 Å². The summed E-state index contributed by atoms with van der Waals surface area (Å²) in [4.78, 5) is 4.54. The molecule has 0 saturated carbocycles. The molecule has 4 rings (SSSR count). The summed E-state index contributed by atoms with van der Waals surface area (Å²) in [6.45, 7) is 6.80. The number of rotatable bonds is 7. The van der Waals surface area contributed by atoms with Gasteiger partial charge < -0.3 is 14.5 Å². The maximum atomic E-state index is 13.5. The van der Waals surface area contributed by atoms with E-state index in [1.54, 1.807) is 12.1 Å². The number of sulfone groups is 1. The molecule has 0 atom stereocenters. The SMILES string of the molecule is COc1ccc(S(=O)(=O)c2nc(-c3ccc(C(C)(C)C)cc3)oc2NCc2ccccc2)cc1. The van der Waals surface area contributed by atoms with Gasteiger partial charge in [0.05, 0.1) is 12.0 Å². The highest BCUT2D eigenvalue weighted by Gasteiger charge is 2.29. The van der Waals surface area contributed by atoms with Gasteiger partial charge in [-0.3, -0.25) is 0 Å². The van der Waals surface area contributed by atoms with Crippen LogP contribution in [0.15, 0.2) is 93.2 Å². The van der Waals surface area contributed by atoms with Gasteiger partial charge in [0, 0.05) is 12.1 Å². The molecule has 0 fully saturated rings. The van der Waals surface area contributed by atoms with Crippen molar-refractivity contribution in [1.82, 2.24) is 4.98 Å². The van der Waals surface area contributed by atoms with E-state index in [2.05, 4.69) is 31.1 Å². The van der Waals surface area contributed by atoms with E-state index in [9.17, 15) is 8.42 Å². The molecule has 0 bridgehead atoms. The van der Waals surface area contributed by atoms with Crippen LogP contribution in [-0.2, 0) is 21.8 Å². The molecule has 0 radical (unpaired) electrons. The van der Waals surface area contributed by atoms with Crippen LogP contribution in [0.3, 0.4) is 0 Å². The van der Waals surface area contributed by atoms with Gasteiger partial charge in [-0.05, 0) is 52.9 Å². The first-order valence-corrected chi connectivity index (χ1v) is 12.5. The Morgan fingerprint density at radius 3 is 2.15 bits per heavy atom. The molecular formula is C27H28N2O4S. The first kappa shape index (κ1) is 23.6. The highest BCUT2D eigenvalue weighted by molar-refractivity contribution is 7.91. The molecule has 4 aromatic rings. The molecule has 7 heteroatoms. The maximum Gasteiger partial charge on any atom is 0.234 e. The second-order valence-corrected chi connectivity index (χ2v) is 10.9. The number of methoxy groups -OCH3 is 1. The van der Waals surface area contributed by atoms with Crippen molar-refractivity contribution in [1.29, 1.82) is 0 Å². The predicted molar refractivity (Wildman–Crippen MR) is 133 cm³/mol. The topological polar surface area (TPSA) is 81.4 Å². The third-order valence-corrected chi connectivity index (χ3v) is 7.19. The molecule has 34 heavy (non-hydrogen) atoms. The Bertz CT molecular complexity index is 1350. The lowest BCUT2D eigenvalue weighted by Gasteiger charge is -2.18. The molecule has 0 aliphatic carbocycles. The smallest absolute Gasteiger partial charge is 0.234 e. The number of nitrogens with one attached hydrogen (secondary N) is 1. The second-order valence-electron chi connectivity index (χ2n) is 9.00. The molecule has 0 unspecified atom stereocenters. The van der Waals surface area contributed by atoms with Crippen LogP contribution >= 0.6 is 0 Å². The average molecular weight is 477 g/mol. The third kappa shape index (κ3) is 4.99. The van der Waals surface area contributed by atoms with Gasteiger partial charge in [0.1, 0.15) is 5.75 Å². The van der Waals surface area contributed by atoms with Gasteiger partial charge in [0.15, 0.2) is 0 Å². The van der Waals surface area contributed by atoms with Crippen molar-refractivity contribution in [2.75, 3.05) is 12.4 Å². The fourth-order valence-electron chi connectivity index (χ4n) is 3.48. The Labute approximate surface area is 200 Å². The van der Waals surface area contributed by atoms with E-state index in [1.165, 1.54) is 19.2 Å². The molecule has 1 N–H and O–H groups in total. The largest absolute Gasteiger partial charge is 0.497 e. The van der Waals surface area contributed by atoms with Crippen molar-refractivity contribution in [3.8, 4) is 17.2 Å². The zero-order valence-electron chi connectivity index (χ0n) is 19.7. The lowest BCUT2D eigenvalue weighted by molar-refractivity contribution is 0.414. The molecule has 0 aliphatic rings. The first-order valence-electron chi connectivity index (χ1n) is 11.0. The number of benzene rings is 3. The van der Waals surface area contributed by atoms with Gasteiger partial charge in [-0.15, -0.1) is 0 Å². The van der Waals surface area contributed by atoms with Crippen molar-refractivity contribution in [2.24, 2.45) is 0 Å². The van der Waals surface area contributed by atoms with E-state index in [1.807, 2.05) is 54.6 Å². The summed E-state index contributed by atoms with van der Waals surface area (Å²) in [6.07, 6.45) is 0. The number of anilines is 1. The summed E-state index contributed by atoms with van der Waals surface area (Å²) >= 11 is 0. The number of nitrogens with zero attached hydrogens (tertiary/aromatic N) is 1. The van der Waals surface area contributed by atoms with Crippen LogP contribution < -0.4 is 10.1 Å². The van der Waals surface area contributed by atoms with E-state index in [-0.39, 0.29) is 27.1 Å². The van der Waals surface area contributed by atoms with Gasteiger partial charge in [-0.1, -0.05) is 63.2 Å². The van der Waals surface area contributed by atoms with Crippen molar-refractivity contribution >= 4 is 15.7 Å². The number of aromatic nitrogens is 1. The van der Waals surface area contributed by atoms with Crippen molar-refractivity contribution < 1.29 is 17.6 Å². The summed E-state index contributed by atoms with van der Waals surface area (Å²) in [5.41, 5.74) is 2.85. The van der Waals surface area contributed by atoms with E-state index in [0.717, 1.165) is 11.1 Å². The Kier molecular flexibility index (Phi) is 6.48. The quantitative estimate of drug-likeness (QED) is 0.347. The molecule has 1 aromatic heterocycles. The number of hydrogen-bond donors (Lipinski definition) is 1. The third-order valence-electron chi connectivity index (χ3n) is 5.51. The standard InChI is InChI=1S/C27H28N2O4S/c1-27(2,3)21-12-10-20(11-13-21)24-29-26(25(33-24)28-18-19-8-6-5-7-9-19)34(30,31)23-16-14-22(32-4)15-17-23/h5-17,28H,18H2,1-4H3. The Hall–Kier alpha value is -3.58. The molecule has 3 aromatic carbocycles. The van der Waals surface area contributed by atoms with Gasteiger partial charge in [0.25, 0.3) is 0 Å². The lowest BCUT2D eigenvalue weighted by Crippen LogP contribution is -2.10. The average Bonchev–Trinajstić information content (AvgIpc) is 3.28. The minimum absolute atomic E-state index is 0.000385. The van der Waals surface area contributed by atoms with Crippen LogP contribution in [-0.4, -0.2) is 20.5 Å². The fourth-order valence-corrected chi connectivity index (χ4v) is 4.76. The summed E-state index contributed by atoms with van der Waals surface area (Å²) < 4.78 is 38.1. The Morgan fingerprint density at radius 1 is 0.912 bits per heavy atom. The molecule has 0 amide bonds. The summed E-state index contributed by atoms with van der Waals surface area (Å²) in [5, 5.41) is 2.97. The Morgan fingerprint density at radius 2 is 1.56 bits per heavy atom. The summed E-state index contributed by atoms with van der Waals surface area (Å²) in [5.74, 6) is 0.916. The van der Waals surface area contributed by atoms with E-state index < -0.39 is 9.84 Å². The molecule has 0 spiro atoms. The molecule has 6 nitrogen and oxygen atoms in total. The minimum Gasteiger partial charge on any atom is -0.497 e. The van der Waals surface area contributed by atoms with E-state index in [0.29, 0.717) is 17.9 Å². The lowest BCUT2D eigenvalue weighted by atomic mass is 9.87. The summed E-state index contributed by atoms with van der Waals surface area (Å²) in [7, 11) is -2.41. The molecule has 0 saturated heterocycles. The monoisotopic (exact) mass is 476 g/mol. The highest BCUT2D eigenvalue weighted by atomic mass is 32.2. The molecular weight excluding hydrogens is 448 g/mol. The van der Waals surface area contributed by atoms with Crippen molar-refractivity contribution in [3.63, 3.8) is 0 Å². The van der Waals surface area contributed by atoms with Crippen LogP contribution in [0.25, 0.3) is 11.5 Å². The number of hydrogen-bond acceptors (Lipinski definition) is 6. The summed E-state index contributed by atoms with van der Waals surface area (Å²) in [6, 6.07) is 23.7. The highest BCUT2D eigenvalue weighted by Crippen LogP contribution is 2.34. The van der Waals surface area contributed by atoms with Gasteiger partial charge in [-0.2, -0.15) is 4.98 Å². The Balaban J connectivity index is 1.74. The van der Waals surface area contributed by atoms with Gasteiger partial charge >= 0.3 is 0 Å². The van der Waals surface area contributed by atoms with Crippen molar-refractivity contribution in [3.05, 3.63) is 90.0 Å². The fraction of sp³-hybridized carbons (Fsp3) is 0.222. The predicted octanol–water partition coefficient (Wildman–Crippen LogP) is 6.09. The normalized spacial score (nSPS) is 11.9. The van der Waals surface area contributed by atoms with Crippen LogP contribution in [0.5, 0.6) is 5.75 Å². The van der Waals surface area contributed by atoms with Crippen molar-refractivity contribution in [2.45, 2.75) is 42.7 Å². The number of ether oxygens (including phenoxy) is 1. The zero-order valence-corrected chi connectivity index (χ0v) is 20.5. The molecule has 176 valence electrons. The second kappa shape index (κ2) is 9.35. The van der Waals surface area contributed by atoms with Crippen LogP contribution in [0.4, 0.5) is 5.88 Å². The first-order chi connectivity index (χ1) is 16.2. The van der Waals surface area contributed by atoms with E-state index >= 15 is 0 Å². The minimum atomic E-state index is -3.94. The van der Waals surface area contributed by atoms with Gasteiger partial charge in [-0.25, -0.2) is 8.42 Å². The maximum absolute atomic E-state index is 13.5. The van der Waals surface area contributed by atoms with Crippen LogP contribution in [0.1, 0.15) is 31.9 Å². The zero-order chi connectivity index (χ0) is 24.3. The molecule has 1 heterocycles. The van der Waals surface area contributed by atoms with Crippen LogP contribution in [0.2, 0.25) is 0 Å². The number of oxazole rings is 1.